The molecule has 1 aliphatic heterocycles. The van der Waals surface area contributed by atoms with Crippen LogP contribution in [0.25, 0.3) is 5.69 Å². The molecular formula is C19H26ClN5O4S. The van der Waals surface area contributed by atoms with Crippen molar-refractivity contribution in [2.24, 2.45) is 5.73 Å². The highest BCUT2D eigenvalue weighted by Gasteiger charge is 2.18. The van der Waals surface area contributed by atoms with Crippen LogP contribution in [-0.2, 0) is 16.1 Å². The number of halogens is 1. The fraction of sp³-hybridized carbons (Fsp3) is 0.474. The molecule has 0 unspecified atom stereocenters. The largest absolute Gasteiger partial charge is 0.473 e. The zero-order chi connectivity index (χ0) is 21.9. The molecule has 2 aromatic rings. The Hall–Kier alpha value is -2.14. The number of aromatic nitrogens is 3. The van der Waals surface area contributed by atoms with E-state index in [1.165, 1.54) is 19.3 Å². The van der Waals surface area contributed by atoms with Crippen molar-refractivity contribution in [3.63, 3.8) is 0 Å². The average Bonchev–Trinajstić information content (AvgIpc) is 3.12. The molecule has 2 heterocycles. The molecule has 0 atom stereocenters. The quantitative estimate of drug-likeness (QED) is 0.327. The summed E-state index contributed by atoms with van der Waals surface area (Å²) in [7, 11) is 0. The summed E-state index contributed by atoms with van der Waals surface area (Å²) in [5, 5.41) is 25.4. The summed E-state index contributed by atoms with van der Waals surface area (Å²) in [5.41, 5.74) is 6.67. The summed E-state index contributed by atoms with van der Waals surface area (Å²) >= 11 is 7.75. The molecule has 0 saturated carbocycles. The first kappa shape index (κ1) is 24.1. The Morgan fingerprint density at radius 3 is 2.27 bits per heavy atom. The van der Waals surface area contributed by atoms with Gasteiger partial charge >= 0.3 is 11.9 Å². The zero-order valence-electron chi connectivity index (χ0n) is 16.5. The van der Waals surface area contributed by atoms with Gasteiger partial charge < -0.3 is 15.9 Å². The van der Waals surface area contributed by atoms with E-state index in [9.17, 15) is 0 Å². The molecule has 1 aromatic heterocycles. The van der Waals surface area contributed by atoms with Gasteiger partial charge in [0.05, 0.1) is 6.54 Å². The third-order valence-electron chi connectivity index (χ3n) is 4.36. The number of thioether (sulfide) groups is 1. The van der Waals surface area contributed by atoms with Crippen molar-refractivity contribution in [2.45, 2.75) is 37.4 Å². The lowest BCUT2D eigenvalue weighted by molar-refractivity contribution is -0.159. The number of carbonyl (C=O) groups is 2. The van der Waals surface area contributed by atoms with Crippen molar-refractivity contribution in [3.05, 3.63) is 35.1 Å². The molecule has 0 spiro atoms. The van der Waals surface area contributed by atoms with Crippen LogP contribution in [0.4, 0.5) is 0 Å². The number of rotatable bonds is 7. The highest BCUT2D eigenvalue weighted by atomic mass is 35.5. The van der Waals surface area contributed by atoms with Gasteiger partial charge in [-0.25, -0.2) is 9.59 Å². The Kier molecular flexibility index (Phi) is 10.1. The summed E-state index contributed by atoms with van der Waals surface area (Å²) in [5.74, 6) is -1.70. The maximum absolute atomic E-state index is 9.10. The second kappa shape index (κ2) is 12.5. The minimum atomic E-state index is -1.82. The molecule has 1 saturated heterocycles. The van der Waals surface area contributed by atoms with Crippen LogP contribution < -0.4 is 5.73 Å². The third-order valence-corrected chi connectivity index (χ3v) is 5.63. The smallest absolute Gasteiger partial charge is 0.414 e. The van der Waals surface area contributed by atoms with Crippen molar-refractivity contribution in [3.8, 4) is 5.69 Å². The highest BCUT2D eigenvalue weighted by Crippen LogP contribution is 2.25. The Morgan fingerprint density at radius 1 is 1.07 bits per heavy atom. The van der Waals surface area contributed by atoms with Gasteiger partial charge in [0.1, 0.15) is 0 Å². The Labute approximate surface area is 184 Å². The fourth-order valence-corrected chi connectivity index (χ4v) is 3.97. The lowest BCUT2D eigenvalue weighted by Crippen LogP contribution is -2.30. The van der Waals surface area contributed by atoms with Gasteiger partial charge in [-0.1, -0.05) is 29.8 Å². The molecule has 0 radical (unpaired) electrons. The molecule has 1 aromatic carbocycles. The van der Waals surface area contributed by atoms with Gasteiger partial charge in [-0.05, 0) is 63.2 Å². The van der Waals surface area contributed by atoms with Gasteiger partial charge in [-0.3, -0.25) is 9.47 Å². The molecule has 0 bridgehead atoms. The fourth-order valence-electron chi connectivity index (χ4n) is 2.91. The van der Waals surface area contributed by atoms with E-state index in [0.29, 0.717) is 6.54 Å². The second-order valence-corrected chi connectivity index (χ2v) is 8.15. The van der Waals surface area contributed by atoms with Crippen LogP contribution in [0.3, 0.4) is 0 Å². The van der Waals surface area contributed by atoms with E-state index >= 15 is 0 Å². The number of nitrogens with zero attached hydrogens (tertiary/aromatic N) is 4. The first-order valence-electron chi connectivity index (χ1n) is 9.64. The molecule has 1 aliphatic rings. The Balaban J connectivity index is 0.000000469. The van der Waals surface area contributed by atoms with Gasteiger partial charge in [0.15, 0.2) is 11.0 Å². The van der Waals surface area contributed by atoms with Gasteiger partial charge in [0.25, 0.3) is 0 Å². The molecule has 0 aliphatic carbocycles. The molecule has 3 rings (SSSR count). The van der Waals surface area contributed by atoms with E-state index in [-0.39, 0.29) is 0 Å². The lowest BCUT2D eigenvalue weighted by atomic mass is 10.1. The van der Waals surface area contributed by atoms with E-state index < -0.39 is 11.9 Å². The van der Waals surface area contributed by atoms with Crippen molar-refractivity contribution in [1.82, 2.24) is 19.7 Å². The van der Waals surface area contributed by atoms with E-state index in [0.717, 1.165) is 53.5 Å². The number of hydrogen-bond donors (Lipinski definition) is 3. The monoisotopic (exact) mass is 455 g/mol. The van der Waals surface area contributed by atoms with Crippen LogP contribution in [0.2, 0.25) is 5.02 Å². The van der Waals surface area contributed by atoms with Gasteiger partial charge in [-0.2, -0.15) is 0 Å². The number of nitrogens with two attached hydrogens (primary N) is 1. The molecule has 164 valence electrons. The lowest BCUT2D eigenvalue weighted by Gasteiger charge is -2.26. The molecule has 30 heavy (non-hydrogen) atoms. The normalized spacial score (nSPS) is 14.1. The van der Waals surface area contributed by atoms with E-state index in [2.05, 4.69) is 19.7 Å². The minimum Gasteiger partial charge on any atom is -0.473 e. The van der Waals surface area contributed by atoms with E-state index in [1.54, 1.807) is 11.8 Å². The number of likely N-dealkylation sites (tertiary alicyclic amines) is 1. The van der Waals surface area contributed by atoms with E-state index in [1.807, 2.05) is 24.3 Å². The van der Waals surface area contributed by atoms with Crippen molar-refractivity contribution in [1.29, 1.82) is 0 Å². The Bertz CT molecular complexity index is 813. The average molecular weight is 456 g/mol. The van der Waals surface area contributed by atoms with Crippen LogP contribution in [0.1, 0.15) is 31.5 Å². The predicted molar refractivity (Wildman–Crippen MR) is 115 cm³/mol. The van der Waals surface area contributed by atoms with Gasteiger partial charge in [0, 0.05) is 16.5 Å². The summed E-state index contributed by atoms with van der Waals surface area (Å²) in [4.78, 5) is 20.7. The molecule has 1 fully saturated rings. The first-order chi connectivity index (χ1) is 14.4. The molecule has 4 N–H and O–H groups in total. The van der Waals surface area contributed by atoms with Crippen molar-refractivity contribution < 1.29 is 19.8 Å². The van der Waals surface area contributed by atoms with Crippen LogP contribution >= 0.6 is 23.4 Å². The molecule has 0 amide bonds. The molecular weight excluding hydrogens is 430 g/mol. The topological polar surface area (TPSA) is 135 Å². The number of carboxylic acids is 2. The van der Waals surface area contributed by atoms with Crippen molar-refractivity contribution >= 4 is 35.3 Å². The van der Waals surface area contributed by atoms with Crippen LogP contribution in [0, 0.1) is 0 Å². The standard InChI is InChI=1S/C17H24ClN5S.C2H2O4/c18-14-5-7-15(8-6-14)23-16(13-22-10-2-1-3-11-22)20-21-17(23)24-12-4-9-19;3-1(4)2(5)6/h5-8H,1-4,9-13,19H2;(H,3,4)(H,5,6). The van der Waals surface area contributed by atoms with Crippen LogP contribution in [0.15, 0.2) is 29.4 Å². The molecule has 11 heteroatoms. The number of aliphatic carboxylic acids is 2. The second-order valence-electron chi connectivity index (χ2n) is 6.65. The third kappa shape index (κ3) is 7.60. The summed E-state index contributed by atoms with van der Waals surface area (Å²) in [6.07, 6.45) is 4.85. The van der Waals surface area contributed by atoms with Gasteiger partial charge in [-0.15, -0.1) is 10.2 Å². The summed E-state index contributed by atoms with van der Waals surface area (Å²) in [6.45, 7) is 3.82. The van der Waals surface area contributed by atoms with Crippen LogP contribution in [-0.4, -0.2) is 67.2 Å². The summed E-state index contributed by atoms with van der Waals surface area (Å²) < 4.78 is 2.16. The number of piperidine rings is 1. The van der Waals surface area contributed by atoms with Crippen molar-refractivity contribution in [2.75, 3.05) is 25.4 Å². The van der Waals surface area contributed by atoms with Crippen LogP contribution in [0.5, 0.6) is 0 Å². The number of carboxylic acid groups (broad SMARTS) is 2. The van der Waals surface area contributed by atoms with Gasteiger partial charge in [0.2, 0.25) is 0 Å². The highest BCUT2D eigenvalue weighted by molar-refractivity contribution is 7.99. The number of benzene rings is 1. The predicted octanol–water partition coefficient (Wildman–Crippen LogP) is 2.50. The SMILES string of the molecule is NCCCSc1nnc(CN2CCCCC2)n1-c1ccc(Cl)cc1.O=C(O)C(=O)O. The maximum atomic E-state index is 9.10. The first-order valence-corrected chi connectivity index (χ1v) is 11.0. The summed E-state index contributed by atoms with van der Waals surface area (Å²) in [6, 6.07) is 7.88. The zero-order valence-corrected chi connectivity index (χ0v) is 18.1. The maximum Gasteiger partial charge on any atom is 0.414 e. The Morgan fingerprint density at radius 2 is 1.70 bits per heavy atom. The van der Waals surface area contributed by atoms with E-state index in [4.69, 9.17) is 37.1 Å². The number of hydrogen-bond acceptors (Lipinski definition) is 7. The minimum absolute atomic E-state index is 0.697. The molecule has 9 nitrogen and oxygen atoms in total.